The molecule has 0 aliphatic carbocycles. The van der Waals surface area contributed by atoms with Crippen LogP contribution in [0, 0.1) is 6.92 Å². The third-order valence-electron chi connectivity index (χ3n) is 9.00. The molecule has 2 aliphatic heterocycles. The van der Waals surface area contributed by atoms with Crippen LogP contribution in [-0.2, 0) is 4.74 Å². The molecule has 11 heteroatoms. The van der Waals surface area contributed by atoms with Gasteiger partial charge in [-0.1, -0.05) is 49.5 Å². The van der Waals surface area contributed by atoms with Crippen molar-refractivity contribution >= 4 is 27.5 Å². The van der Waals surface area contributed by atoms with Gasteiger partial charge in [-0.05, 0) is 57.8 Å². The number of thiazole rings is 1. The second-order valence-electron chi connectivity index (χ2n) is 12.1. The minimum absolute atomic E-state index is 0.0238. The highest BCUT2D eigenvalue weighted by atomic mass is 32.1. The van der Waals surface area contributed by atoms with Crippen molar-refractivity contribution in [1.82, 2.24) is 20.1 Å². The number of fused-ring (bicyclic) bond motifs is 1. The maximum absolute atomic E-state index is 13.0. The number of likely N-dealkylation sites (tertiary alicyclic amines) is 1. The molecule has 2 fully saturated rings. The van der Waals surface area contributed by atoms with Crippen molar-refractivity contribution < 1.29 is 24.2 Å². The van der Waals surface area contributed by atoms with E-state index in [-0.39, 0.29) is 22.1 Å². The first-order chi connectivity index (χ1) is 20.8. The summed E-state index contributed by atoms with van der Waals surface area (Å²) in [6.45, 7) is 8.18. The van der Waals surface area contributed by atoms with Gasteiger partial charge in [0.15, 0.2) is 0 Å². The quantitative estimate of drug-likeness (QED) is 0.195. The van der Waals surface area contributed by atoms with E-state index in [2.05, 4.69) is 15.2 Å². The van der Waals surface area contributed by atoms with Gasteiger partial charge < -0.3 is 39.5 Å². The molecule has 2 saturated heterocycles. The maximum atomic E-state index is 13.0. The van der Waals surface area contributed by atoms with Gasteiger partial charge in [0.2, 0.25) is 0 Å². The molecule has 236 valence electrons. The number of aromatic hydroxyl groups is 1. The SMILES string of the molecule is Cc1occc1C(=O)N1CCOC2(CCN(CCCCCCCCCNCC(O)c3ccc(O)c4[nH]c(=O)sc34)CC2)C1. The molecular formula is C32H46N4O6S. The highest BCUT2D eigenvalue weighted by Crippen LogP contribution is 2.32. The number of unbranched alkanes of at least 4 members (excludes halogenated alkanes) is 6. The molecule has 1 unspecified atom stereocenters. The third-order valence-corrected chi connectivity index (χ3v) is 9.94. The molecule has 43 heavy (non-hydrogen) atoms. The number of piperidine rings is 1. The average molecular weight is 615 g/mol. The van der Waals surface area contributed by atoms with E-state index in [1.165, 1.54) is 44.6 Å². The van der Waals surface area contributed by atoms with E-state index in [0.717, 1.165) is 56.8 Å². The third kappa shape index (κ3) is 8.07. The zero-order chi connectivity index (χ0) is 30.2. The number of aliphatic hydroxyl groups excluding tert-OH is 1. The molecule has 2 aliphatic rings. The van der Waals surface area contributed by atoms with Crippen molar-refractivity contribution in [2.45, 2.75) is 76.4 Å². The van der Waals surface area contributed by atoms with E-state index in [9.17, 15) is 19.8 Å². The van der Waals surface area contributed by atoms with Crippen LogP contribution in [0.3, 0.4) is 0 Å². The molecule has 0 radical (unpaired) electrons. The smallest absolute Gasteiger partial charge is 0.305 e. The zero-order valence-electron chi connectivity index (χ0n) is 25.2. The maximum Gasteiger partial charge on any atom is 0.305 e. The number of hydrogen-bond acceptors (Lipinski definition) is 9. The number of aliphatic hydroxyl groups is 1. The standard InChI is InChI=1S/C32H46N4O6S/c1-23-24(11-19-41-23)30(39)36-18-20-42-32(22-36)12-16-35(17-13-32)15-8-6-4-2-3-5-7-14-33-21-27(38)25-9-10-26(37)28-29(25)43-31(40)34-28/h9-11,19,27,33,37-38H,2-8,12-18,20-22H2,1H3,(H,34,40). The van der Waals surface area contributed by atoms with Gasteiger partial charge in [0, 0.05) is 31.7 Å². The summed E-state index contributed by atoms with van der Waals surface area (Å²) in [6.07, 6.45) is 11.2. The summed E-state index contributed by atoms with van der Waals surface area (Å²) in [6, 6.07) is 4.96. The molecule has 4 heterocycles. The Morgan fingerprint density at radius 3 is 2.58 bits per heavy atom. The summed E-state index contributed by atoms with van der Waals surface area (Å²) >= 11 is 1.01. The number of furan rings is 1. The number of aromatic amines is 1. The van der Waals surface area contributed by atoms with Crippen LogP contribution < -0.4 is 10.2 Å². The van der Waals surface area contributed by atoms with Crippen molar-refractivity contribution in [3.05, 3.63) is 51.0 Å². The Labute approximate surface area is 257 Å². The van der Waals surface area contributed by atoms with E-state index in [0.29, 0.717) is 53.3 Å². The summed E-state index contributed by atoms with van der Waals surface area (Å²) in [4.78, 5) is 31.5. The number of benzene rings is 1. The summed E-state index contributed by atoms with van der Waals surface area (Å²) in [7, 11) is 0. The molecule has 10 nitrogen and oxygen atoms in total. The topological polar surface area (TPSA) is 131 Å². The molecular weight excluding hydrogens is 568 g/mol. The molecule has 0 saturated carbocycles. The fourth-order valence-electron chi connectivity index (χ4n) is 6.40. The lowest BCUT2D eigenvalue weighted by Crippen LogP contribution is -2.58. The number of morpholine rings is 1. The number of nitrogens with one attached hydrogen (secondary N) is 2. The molecule has 1 atom stereocenters. The lowest BCUT2D eigenvalue weighted by atomic mass is 9.89. The Bertz CT molecular complexity index is 1390. The highest BCUT2D eigenvalue weighted by Gasteiger charge is 2.41. The van der Waals surface area contributed by atoms with Crippen LogP contribution >= 0.6 is 11.3 Å². The van der Waals surface area contributed by atoms with Crippen molar-refractivity contribution in [2.24, 2.45) is 0 Å². The number of nitrogens with zero attached hydrogens (tertiary/aromatic N) is 2. The number of rotatable bonds is 14. The van der Waals surface area contributed by atoms with Gasteiger partial charge in [-0.3, -0.25) is 9.59 Å². The largest absolute Gasteiger partial charge is 0.506 e. The van der Waals surface area contributed by atoms with Gasteiger partial charge in [-0.15, -0.1) is 0 Å². The highest BCUT2D eigenvalue weighted by molar-refractivity contribution is 7.16. The number of phenolic OH excluding ortho intramolecular Hbond substituents is 1. The Kier molecular flexibility index (Phi) is 11.0. The van der Waals surface area contributed by atoms with Gasteiger partial charge in [0.25, 0.3) is 5.91 Å². The number of carbonyl (C=O) groups is 1. The van der Waals surface area contributed by atoms with Crippen LogP contribution in [0.2, 0.25) is 0 Å². The van der Waals surface area contributed by atoms with Crippen LogP contribution in [0.25, 0.3) is 10.2 Å². The average Bonchev–Trinajstić information content (AvgIpc) is 3.62. The number of aromatic nitrogens is 1. The number of hydrogen-bond donors (Lipinski definition) is 4. The Balaban J connectivity index is 0.885. The lowest BCUT2D eigenvalue weighted by Gasteiger charge is -2.47. The number of aryl methyl sites for hydroxylation is 1. The summed E-state index contributed by atoms with van der Waals surface area (Å²) in [5.41, 5.74) is 1.51. The molecule has 1 amide bonds. The van der Waals surface area contributed by atoms with E-state index in [4.69, 9.17) is 9.15 Å². The van der Waals surface area contributed by atoms with Crippen LogP contribution in [0.1, 0.15) is 85.6 Å². The normalized spacial score (nSPS) is 18.0. The van der Waals surface area contributed by atoms with Crippen LogP contribution in [-0.4, -0.2) is 88.9 Å². The van der Waals surface area contributed by atoms with Crippen LogP contribution in [0.5, 0.6) is 5.75 Å². The van der Waals surface area contributed by atoms with Crippen LogP contribution in [0.4, 0.5) is 0 Å². The van der Waals surface area contributed by atoms with E-state index in [1.54, 1.807) is 18.4 Å². The van der Waals surface area contributed by atoms with Crippen molar-refractivity contribution in [3.8, 4) is 5.75 Å². The zero-order valence-corrected chi connectivity index (χ0v) is 26.1. The first-order valence-corrected chi connectivity index (χ1v) is 16.6. The molecule has 2 aromatic heterocycles. The molecule has 1 spiro atoms. The first kappa shape index (κ1) is 31.7. The van der Waals surface area contributed by atoms with Crippen molar-refractivity contribution in [1.29, 1.82) is 0 Å². The number of carbonyl (C=O) groups excluding carboxylic acids is 1. The Morgan fingerprint density at radius 1 is 1.09 bits per heavy atom. The Hall–Kier alpha value is -2.70. The molecule has 0 bridgehead atoms. The minimum atomic E-state index is -0.731. The fraction of sp³-hybridized carbons (Fsp3) is 0.625. The monoisotopic (exact) mass is 614 g/mol. The molecule has 1 aromatic carbocycles. The van der Waals surface area contributed by atoms with Crippen LogP contribution in [0.15, 0.2) is 33.7 Å². The van der Waals surface area contributed by atoms with E-state index >= 15 is 0 Å². The molecule has 5 rings (SSSR count). The van der Waals surface area contributed by atoms with Gasteiger partial charge in [0.05, 0.1) is 41.4 Å². The number of ether oxygens (including phenoxy) is 1. The number of H-pyrrole nitrogens is 1. The van der Waals surface area contributed by atoms with Gasteiger partial charge >= 0.3 is 4.87 Å². The van der Waals surface area contributed by atoms with Crippen molar-refractivity contribution in [2.75, 3.05) is 52.4 Å². The molecule has 3 aromatic rings. The first-order valence-electron chi connectivity index (χ1n) is 15.8. The van der Waals surface area contributed by atoms with E-state index in [1.807, 2.05) is 11.8 Å². The predicted octanol–water partition coefficient (Wildman–Crippen LogP) is 4.56. The Morgan fingerprint density at radius 2 is 1.84 bits per heavy atom. The van der Waals surface area contributed by atoms with E-state index < -0.39 is 6.10 Å². The van der Waals surface area contributed by atoms with Gasteiger partial charge in [-0.25, -0.2) is 0 Å². The minimum Gasteiger partial charge on any atom is -0.506 e. The lowest BCUT2D eigenvalue weighted by molar-refractivity contribution is -0.127. The molecule has 4 N–H and O–H groups in total. The summed E-state index contributed by atoms with van der Waals surface area (Å²) < 4.78 is 12.2. The number of phenols is 1. The van der Waals surface area contributed by atoms with Gasteiger partial charge in [-0.2, -0.15) is 0 Å². The summed E-state index contributed by atoms with van der Waals surface area (Å²) in [5.74, 6) is 0.754. The predicted molar refractivity (Wildman–Crippen MR) is 168 cm³/mol. The summed E-state index contributed by atoms with van der Waals surface area (Å²) in [5, 5.41) is 23.8. The van der Waals surface area contributed by atoms with Gasteiger partial charge in [0.1, 0.15) is 17.0 Å². The second-order valence-corrected chi connectivity index (χ2v) is 13.1. The fourth-order valence-corrected chi connectivity index (χ4v) is 7.32. The van der Waals surface area contributed by atoms with Crippen molar-refractivity contribution in [3.63, 3.8) is 0 Å². The number of amides is 1. The second kappa shape index (κ2) is 14.9.